The quantitative estimate of drug-likeness (QED) is 0.734. The molecule has 0 N–H and O–H groups in total. The van der Waals surface area contributed by atoms with E-state index in [0.29, 0.717) is 5.56 Å². The van der Waals surface area contributed by atoms with Crippen molar-refractivity contribution in [3.8, 4) is 0 Å². The van der Waals surface area contributed by atoms with Gasteiger partial charge in [0.05, 0.1) is 23.8 Å². The lowest BCUT2D eigenvalue weighted by molar-refractivity contribution is 0.0582. The third kappa shape index (κ3) is 3.01. The van der Waals surface area contributed by atoms with Gasteiger partial charge in [0.15, 0.2) is 5.65 Å². The molecule has 0 bridgehead atoms. The molecule has 4 heterocycles. The summed E-state index contributed by atoms with van der Waals surface area (Å²) in [5.41, 5.74) is 3.58. The Kier molecular flexibility index (Phi) is 3.99. The number of aromatic nitrogens is 5. The van der Waals surface area contributed by atoms with Crippen LogP contribution in [0.4, 0.5) is 0 Å². The van der Waals surface area contributed by atoms with E-state index < -0.39 is 0 Å². The van der Waals surface area contributed by atoms with E-state index in [2.05, 4.69) is 28.3 Å². The first-order valence-electron chi connectivity index (χ1n) is 8.73. The summed E-state index contributed by atoms with van der Waals surface area (Å²) < 4.78 is 3.81. The van der Waals surface area contributed by atoms with Crippen molar-refractivity contribution in [1.29, 1.82) is 0 Å². The van der Waals surface area contributed by atoms with Crippen LogP contribution in [0.5, 0.6) is 0 Å². The second-order valence-electron chi connectivity index (χ2n) is 6.77. The SMILES string of the molecule is Cc1cc(C)n(C[C@@H]2CCCCN2C(=O)c2ccc3nncn3c2)n1. The van der Waals surface area contributed by atoms with Gasteiger partial charge in [0.2, 0.25) is 0 Å². The van der Waals surface area contributed by atoms with Crippen molar-refractivity contribution < 1.29 is 4.79 Å². The summed E-state index contributed by atoms with van der Waals surface area (Å²) in [6, 6.07) is 5.92. The number of likely N-dealkylation sites (tertiary alicyclic amines) is 1. The van der Waals surface area contributed by atoms with Gasteiger partial charge in [-0.05, 0) is 51.3 Å². The molecule has 0 aromatic carbocycles. The molecule has 1 atom stereocenters. The number of carbonyl (C=O) groups is 1. The largest absolute Gasteiger partial charge is 0.334 e. The maximum absolute atomic E-state index is 13.1. The number of rotatable bonds is 3. The maximum atomic E-state index is 13.1. The fourth-order valence-corrected chi connectivity index (χ4v) is 3.64. The van der Waals surface area contributed by atoms with Gasteiger partial charge in [-0.2, -0.15) is 5.10 Å². The number of carbonyl (C=O) groups excluding carboxylic acids is 1. The highest BCUT2D eigenvalue weighted by Gasteiger charge is 2.28. The summed E-state index contributed by atoms with van der Waals surface area (Å²) >= 11 is 0. The van der Waals surface area contributed by atoms with E-state index in [0.717, 1.165) is 49.4 Å². The van der Waals surface area contributed by atoms with Crippen LogP contribution in [0.2, 0.25) is 0 Å². The van der Waals surface area contributed by atoms with Crippen LogP contribution in [0.3, 0.4) is 0 Å². The maximum Gasteiger partial charge on any atom is 0.255 e. The molecule has 0 spiro atoms. The van der Waals surface area contributed by atoms with Crippen molar-refractivity contribution in [1.82, 2.24) is 29.3 Å². The normalized spacial score (nSPS) is 18.0. The first-order chi connectivity index (χ1) is 12.1. The molecule has 0 radical (unpaired) electrons. The van der Waals surface area contributed by atoms with E-state index >= 15 is 0 Å². The Hall–Kier alpha value is -2.70. The number of hydrogen-bond donors (Lipinski definition) is 0. The van der Waals surface area contributed by atoms with Crippen LogP contribution in [0, 0.1) is 13.8 Å². The molecule has 3 aromatic rings. The number of fused-ring (bicyclic) bond motifs is 1. The highest BCUT2D eigenvalue weighted by molar-refractivity contribution is 5.94. The molecule has 25 heavy (non-hydrogen) atoms. The standard InChI is InChI=1S/C18H22N6O/c1-13-9-14(2)24(21-13)11-16-5-3-4-8-23(16)18(25)15-6-7-17-20-19-12-22(17)10-15/h6-7,9-10,12,16H,3-5,8,11H2,1-2H3/t16-/m0/s1. The molecular formula is C18H22N6O. The molecular weight excluding hydrogens is 316 g/mol. The lowest BCUT2D eigenvalue weighted by Crippen LogP contribution is -2.46. The smallest absolute Gasteiger partial charge is 0.255 e. The molecule has 7 heteroatoms. The molecule has 7 nitrogen and oxygen atoms in total. The lowest BCUT2D eigenvalue weighted by atomic mass is 10.0. The van der Waals surface area contributed by atoms with Gasteiger partial charge in [-0.15, -0.1) is 10.2 Å². The van der Waals surface area contributed by atoms with Crippen LogP contribution in [0.15, 0.2) is 30.7 Å². The van der Waals surface area contributed by atoms with E-state index in [-0.39, 0.29) is 11.9 Å². The Bertz CT molecular complexity index is 911. The second kappa shape index (κ2) is 6.31. The van der Waals surface area contributed by atoms with Crippen molar-refractivity contribution in [3.63, 3.8) is 0 Å². The topological polar surface area (TPSA) is 68.3 Å². The van der Waals surface area contributed by atoms with Crippen LogP contribution >= 0.6 is 0 Å². The van der Waals surface area contributed by atoms with Crippen LogP contribution in [0.25, 0.3) is 5.65 Å². The zero-order chi connectivity index (χ0) is 17.4. The summed E-state index contributed by atoms with van der Waals surface area (Å²) in [6.07, 6.45) is 6.65. The molecule has 1 aliphatic rings. The van der Waals surface area contributed by atoms with Crippen molar-refractivity contribution in [3.05, 3.63) is 47.7 Å². The predicted molar refractivity (Wildman–Crippen MR) is 93.4 cm³/mol. The van der Waals surface area contributed by atoms with Crippen molar-refractivity contribution >= 4 is 11.6 Å². The van der Waals surface area contributed by atoms with Gasteiger partial charge in [0, 0.05) is 18.4 Å². The van der Waals surface area contributed by atoms with Crippen LogP contribution in [-0.4, -0.2) is 47.8 Å². The van der Waals surface area contributed by atoms with Crippen LogP contribution in [0.1, 0.15) is 41.0 Å². The molecule has 0 aliphatic carbocycles. The molecule has 130 valence electrons. The molecule has 1 amide bonds. The molecule has 1 saturated heterocycles. The summed E-state index contributed by atoms with van der Waals surface area (Å²) in [5, 5.41) is 12.4. The number of aryl methyl sites for hydroxylation is 2. The number of piperidine rings is 1. The summed E-state index contributed by atoms with van der Waals surface area (Å²) in [4.78, 5) is 15.1. The van der Waals surface area contributed by atoms with Crippen molar-refractivity contribution in [2.75, 3.05) is 6.54 Å². The van der Waals surface area contributed by atoms with E-state index in [1.165, 1.54) is 0 Å². The Balaban J connectivity index is 1.59. The minimum absolute atomic E-state index is 0.0711. The molecule has 3 aromatic heterocycles. The molecule has 4 rings (SSSR count). The zero-order valence-corrected chi connectivity index (χ0v) is 14.6. The third-order valence-corrected chi connectivity index (χ3v) is 4.91. The summed E-state index contributed by atoms with van der Waals surface area (Å²) in [6.45, 7) is 5.61. The number of hydrogen-bond acceptors (Lipinski definition) is 4. The van der Waals surface area contributed by atoms with Gasteiger partial charge in [-0.1, -0.05) is 0 Å². The highest BCUT2D eigenvalue weighted by atomic mass is 16.2. The van der Waals surface area contributed by atoms with Gasteiger partial charge in [-0.3, -0.25) is 13.9 Å². The van der Waals surface area contributed by atoms with Gasteiger partial charge in [0.25, 0.3) is 5.91 Å². The van der Waals surface area contributed by atoms with Gasteiger partial charge >= 0.3 is 0 Å². The Morgan fingerprint density at radius 1 is 1.28 bits per heavy atom. The van der Waals surface area contributed by atoms with Gasteiger partial charge in [-0.25, -0.2) is 0 Å². The fourth-order valence-electron chi connectivity index (χ4n) is 3.64. The number of pyridine rings is 1. The lowest BCUT2D eigenvalue weighted by Gasteiger charge is -2.36. The van der Waals surface area contributed by atoms with E-state index in [1.54, 1.807) is 10.7 Å². The summed E-state index contributed by atoms with van der Waals surface area (Å²) in [5.74, 6) is 0.0711. The average molecular weight is 338 g/mol. The van der Waals surface area contributed by atoms with E-state index in [9.17, 15) is 4.79 Å². The van der Waals surface area contributed by atoms with Crippen LogP contribution in [-0.2, 0) is 6.54 Å². The predicted octanol–water partition coefficient (Wildman–Crippen LogP) is 2.24. The van der Waals surface area contributed by atoms with Gasteiger partial charge < -0.3 is 4.90 Å². The molecule has 0 unspecified atom stereocenters. The third-order valence-electron chi connectivity index (χ3n) is 4.91. The molecule has 1 fully saturated rings. The first kappa shape index (κ1) is 15.8. The minimum atomic E-state index is 0.0711. The van der Waals surface area contributed by atoms with Gasteiger partial charge in [0.1, 0.15) is 6.33 Å². The van der Waals surface area contributed by atoms with Crippen molar-refractivity contribution in [2.45, 2.75) is 45.7 Å². The Morgan fingerprint density at radius 2 is 2.16 bits per heavy atom. The second-order valence-corrected chi connectivity index (χ2v) is 6.77. The average Bonchev–Trinajstić information content (AvgIpc) is 3.20. The minimum Gasteiger partial charge on any atom is -0.334 e. The molecule has 1 aliphatic heterocycles. The first-order valence-corrected chi connectivity index (χ1v) is 8.73. The zero-order valence-electron chi connectivity index (χ0n) is 14.6. The van der Waals surface area contributed by atoms with E-state index in [4.69, 9.17) is 0 Å². The monoisotopic (exact) mass is 338 g/mol. The highest BCUT2D eigenvalue weighted by Crippen LogP contribution is 2.22. The Morgan fingerprint density at radius 3 is 2.96 bits per heavy atom. The fraction of sp³-hybridized carbons (Fsp3) is 0.444. The summed E-state index contributed by atoms with van der Waals surface area (Å²) in [7, 11) is 0. The van der Waals surface area contributed by atoms with Crippen molar-refractivity contribution in [2.24, 2.45) is 0 Å². The van der Waals surface area contributed by atoms with E-state index in [1.807, 2.05) is 34.8 Å². The number of amides is 1. The molecule has 0 saturated carbocycles. The van der Waals surface area contributed by atoms with Crippen LogP contribution < -0.4 is 0 Å². The number of nitrogens with zero attached hydrogens (tertiary/aromatic N) is 6. The Labute approximate surface area is 146 Å².